The van der Waals surface area contributed by atoms with Gasteiger partial charge in [0.1, 0.15) is 12.7 Å². The molecule has 1 aliphatic carbocycles. The van der Waals surface area contributed by atoms with Crippen LogP contribution in [0, 0.1) is 0 Å². The fraction of sp³-hybridized carbons (Fsp3) is 0.576. The second-order valence-corrected chi connectivity index (χ2v) is 27.2. The zero-order valence-corrected chi connectivity index (χ0v) is 29.3. The lowest BCUT2D eigenvalue weighted by Crippen LogP contribution is -2.57. The maximum atomic E-state index is 14.8. The average molecular weight is 599 g/mol. The van der Waals surface area contributed by atoms with Crippen molar-refractivity contribution >= 4 is 34.4 Å². The van der Waals surface area contributed by atoms with E-state index in [0.717, 1.165) is 23.5 Å². The summed E-state index contributed by atoms with van der Waals surface area (Å²) in [6.45, 7) is 23.7. The fourth-order valence-electron chi connectivity index (χ4n) is 5.04. The summed E-state index contributed by atoms with van der Waals surface area (Å²) < 4.78 is 35.3. The van der Waals surface area contributed by atoms with Gasteiger partial charge in [-0.15, -0.1) is 0 Å². The van der Waals surface area contributed by atoms with Gasteiger partial charge in [-0.1, -0.05) is 114 Å². The van der Waals surface area contributed by atoms with Crippen molar-refractivity contribution < 1.29 is 18.2 Å². The molecule has 2 aliphatic rings. The van der Waals surface area contributed by atoms with E-state index in [1.165, 1.54) is 5.57 Å². The summed E-state index contributed by atoms with van der Waals surface area (Å²) in [5, 5.41) is 1.99. The van der Waals surface area contributed by atoms with Crippen LogP contribution in [0.2, 0.25) is 36.3 Å². The van der Waals surface area contributed by atoms with Crippen molar-refractivity contribution in [3.05, 3.63) is 72.3 Å². The first kappa shape index (κ1) is 31.7. The van der Waals surface area contributed by atoms with Gasteiger partial charge in [-0.05, 0) is 49.1 Å². The zero-order valence-electron chi connectivity index (χ0n) is 26.4. The number of epoxide rings is 1. The Morgan fingerprint density at radius 3 is 1.50 bits per heavy atom. The minimum atomic E-state index is -2.85. The highest BCUT2D eigenvalue weighted by molar-refractivity contribution is 7.78. The van der Waals surface area contributed by atoms with Crippen LogP contribution in [-0.4, -0.2) is 47.2 Å². The second-order valence-electron chi connectivity index (χ2n) is 14.8. The fourth-order valence-corrected chi connectivity index (χ4v) is 10.3. The molecule has 1 saturated heterocycles. The van der Waals surface area contributed by atoms with E-state index in [-0.39, 0.29) is 27.9 Å². The maximum Gasteiger partial charge on any atom is 0.192 e. The number of hydrogen-bond acceptors (Lipinski definition) is 4. The van der Waals surface area contributed by atoms with Gasteiger partial charge in [0.05, 0.1) is 18.8 Å². The van der Waals surface area contributed by atoms with Gasteiger partial charge in [0.25, 0.3) is 0 Å². The summed E-state index contributed by atoms with van der Waals surface area (Å²) in [7, 11) is -6.99. The van der Waals surface area contributed by atoms with E-state index < -0.39 is 23.8 Å². The Kier molecular flexibility index (Phi) is 8.78. The minimum Gasteiger partial charge on any atom is -0.410 e. The normalized spacial score (nSPS) is 25.4. The van der Waals surface area contributed by atoms with Crippen LogP contribution in [0.1, 0.15) is 54.4 Å². The summed E-state index contributed by atoms with van der Waals surface area (Å²) in [5.41, 5.74) is 0.894. The number of hydrogen-bond donors (Lipinski definition) is 0. The average Bonchev–Trinajstić information content (AvgIpc) is 3.66. The van der Waals surface area contributed by atoms with Crippen LogP contribution in [0.3, 0.4) is 0 Å². The highest BCUT2D eigenvalue weighted by Crippen LogP contribution is 2.53. The molecule has 1 aliphatic heterocycles. The van der Waals surface area contributed by atoms with Crippen molar-refractivity contribution in [1.82, 2.24) is 0 Å². The number of benzene rings is 2. The third-order valence-corrected chi connectivity index (χ3v) is 21.9. The van der Waals surface area contributed by atoms with E-state index >= 15 is 0 Å². The molecule has 4 rings (SSSR count). The van der Waals surface area contributed by atoms with E-state index in [9.17, 15) is 4.57 Å². The smallest absolute Gasteiger partial charge is 0.192 e. The predicted molar refractivity (Wildman–Crippen MR) is 175 cm³/mol. The number of ether oxygens (including phenoxy) is 1. The number of allylic oxidation sites excluding steroid dienone is 1. The molecule has 0 aromatic heterocycles. The Bertz CT molecular complexity index is 1150. The Balaban J connectivity index is 1.72. The van der Waals surface area contributed by atoms with Gasteiger partial charge < -0.3 is 18.2 Å². The molecule has 220 valence electrons. The Morgan fingerprint density at radius 2 is 1.18 bits per heavy atom. The van der Waals surface area contributed by atoms with E-state index in [4.69, 9.17) is 13.6 Å². The molecule has 40 heavy (non-hydrogen) atoms. The van der Waals surface area contributed by atoms with E-state index in [2.05, 4.69) is 73.8 Å². The van der Waals surface area contributed by atoms with Gasteiger partial charge in [-0.25, -0.2) is 0 Å². The van der Waals surface area contributed by atoms with Gasteiger partial charge in [0.15, 0.2) is 16.6 Å². The molecule has 1 spiro atoms. The lowest BCUT2D eigenvalue weighted by atomic mass is 9.81. The maximum absolute atomic E-state index is 14.8. The minimum absolute atomic E-state index is 0.0593. The largest absolute Gasteiger partial charge is 0.410 e. The predicted octanol–water partition coefficient (Wildman–Crippen LogP) is 8.27. The Morgan fingerprint density at radius 1 is 0.800 bits per heavy atom. The Hall–Kier alpha value is -1.28. The van der Waals surface area contributed by atoms with Crippen molar-refractivity contribution in [2.24, 2.45) is 0 Å². The summed E-state index contributed by atoms with van der Waals surface area (Å²) in [5.74, 6) is 0. The highest BCUT2D eigenvalue weighted by Gasteiger charge is 2.63. The molecular formula is C33H51O4PSi2. The van der Waals surface area contributed by atoms with Gasteiger partial charge in [-0.3, -0.25) is 0 Å². The van der Waals surface area contributed by atoms with E-state index in [0.29, 0.717) is 12.8 Å². The SMILES string of the molecule is CC(C)(C)[Si](C)(C)O[C@H]1CC(=CCP(=O)(c2ccccc2)c2ccccc2)C[C@@H](O[Si](C)(C)C(C)(C)C)C12CO2. The summed E-state index contributed by atoms with van der Waals surface area (Å²) >= 11 is 0. The molecule has 0 N–H and O–H groups in total. The van der Waals surface area contributed by atoms with Gasteiger partial charge in [-0.2, -0.15) is 0 Å². The van der Waals surface area contributed by atoms with Crippen LogP contribution in [0.4, 0.5) is 0 Å². The molecule has 0 bridgehead atoms. The van der Waals surface area contributed by atoms with Crippen LogP contribution in [0.15, 0.2) is 72.3 Å². The molecule has 1 heterocycles. The molecule has 2 aromatic carbocycles. The van der Waals surface area contributed by atoms with Gasteiger partial charge in [0, 0.05) is 16.8 Å². The second kappa shape index (κ2) is 11.1. The summed E-state index contributed by atoms with van der Waals surface area (Å²) in [4.78, 5) is 0. The molecule has 4 nitrogen and oxygen atoms in total. The van der Waals surface area contributed by atoms with E-state index in [1.807, 2.05) is 60.7 Å². The lowest BCUT2D eigenvalue weighted by molar-refractivity contribution is -0.0172. The molecule has 1 unspecified atom stereocenters. The molecule has 1 saturated carbocycles. The lowest BCUT2D eigenvalue weighted by Gasteiger charge is -2.48. The van der Waals surface area contributed by atoms with Crippen LogP contribution < -0.4 is 10.6 Å². The topological polar surface area (TPSA) is 48.1 Å². The quantitative estimate of drug-likeness (QED) is 0.133. The Labute approximate surface area is 245 Å². The highest BCUT2D eigenvalue weighted by atomic mass is 31.2. The van der Waals surface area contributed by atoms with Crippen LogP contribution in [-0.2, 0) is 18.2 Å². The van der Waals surface area contributed by atoms with Crippen LogP contribution >= 0.6 is 7.14 Å². The number of rotatable bonds is 8. The third kappa shape index (κ3) is 6.38. The van der Waals surface area contributed by atoms with Crippen molar-refractivity contribution in [1.29, 1.82) is 0 Å². The zero-order chi connectivity index (χ0) is 29.6. The van der Waals surface area contributed by atoms with Crippen molar-refractivity contribution in [2.75, 3.05) is 12.8 Å². The van der Waals surface area contributed by atoms with Crippen LogP contribution in [0.5, 0.6) is 0 Å². The summed E-state index contributed by atoms with van der Waals surface area (Å²) in [6, 6.07) is 19.9. The first-order valence-electron chi connectivity index (χ1n) is 14.8. The third-order valence-electron chi connectivity index (χ3n) is 9.93. The molecule has 2 aromatic rings. The monoisotopic (exact) mass is 598 g/mol. The first-order valence-corrected chi connectivity index (χ1v) is 22.5. The van der Waals surface area contributed by atoms with Gasteiger partial charge in [0.2, 0.25) is 0 Å². The van der Waals surface area contributed by atoms with Crippen molar-refractivity contribution in [3.8, 4) is 0 Å². The molecule has 3 atom stereocenters. The van der Waals surface area contributed by atoms with Crippen LogP contribution in [0.25, 0.3) is 0 Å². The first-order chi connectivity index (χ1) is 18.4. The molecular weight excluding hydrogens is 548 g/mol. The van der Waals surface area contributed by atoms with E-state index in [1.54, 1.807) is 0 Å². The summed E-state index contributed by atoms with van der Waals surface area (Å²) in [6.07, 6.45) is 4.22. The van der Waals surface area contributed by atoms with Gasteiger partial charge >= 0.3 is 0 Å². The standard InChI is InChI=1S/C33H51O4PSi2/c1-31(2,3)39(7,8)36-29-23-26(24-30(33(29)25-35-33)37-40(9,10)32(4,5)6)21-22-38(34,27-17-13-11-14-18-27)28-19-15-12-16-20-28/h11-21,29-30H,22-25H2,1-10H3/t29-,30+,33?. The molecule has 7 heteroatoms. The van der Waals surface area contributed by atoms with Crippen molar-refractivity contribution in [3.63, 3.8) is 0 Å². The molecule has 0 amide bonds. The molecule has 0 radical (unpaired) electrons. The molecule has 2 fully saturated rings. The van der Waals surface area contributed by atoms with Crippen molar-refractivity contribution in [2.45, 2.75) is 108 Å².